The molecule has 3 amide bonds. The predicted molar refractivity (Wildman–Crippen MR) is 161 cm³/mol. The molecule has 1 spiro atoms. The Hall–Kier alpha value is -4.13. The van der Waals surface area contributed by atoms with E-state index in [1.807, 2.05) is 77.7 Å². The van der Waals surface area contributed by atoms with Crippen LogP contribution in [-0.2, 0) is 22.6 Å². The lowest BCUT2D eigenvalue weighted by molar-refractivity contribution is -0.140. The molecule has 0 aromatic heterocycles. The van der Waals surface area contributed by atoms with Gasteiger partial charge in [-0.15, -0.1) is 0 Å². The van der Waals surface area contributed by atoms with Gasteiger partial charge in [-0.25, -0.2) is 0 Å². The molecule has 0 saturated carbocycles. The van der Waals surface area contributed by atoms with Gasteiger partial charge in [-0.1, -0.05) is 74.0 Å². The zero-order chi connectivity index (χ0) is 28.8. The highest BCUT2D eigenvalue weighted by Crippen LogP contribution is 2.39. The summed E-state index contributed by atoms with van der Waals surface area (Å²) in [6.07, 6.45) is 4.34. The summed E-state index contributed by atoms with van der Waals surface area (Å²) in [7, 11) is 1.78. The SMILES string of the molecule is CCCCc1ccc(C(=O)N2CCC3(CC2)C(=O)N(CC(=O)N(C)Cc2ccccc2)CN3c2ccccc2)cc1. The number of likely N-dealkylation sites (tertiary alicyclic amines) is 1. The summed E-state index contributed by atoms with van der Waals surface area (Å²) in [5.74, 6) is -0.120. The van der Waals surface area contributed by atoms with E-state index in [0.29, 0.717) is 44.7 Å². The van der Waals surface area contributed by atoms with E-state index in [0.717, 1.165) is 30.5 Å². The summed E-state index contributed by atoms with van der Waals surface area (Å²) in [4.78, 5) is 48.0. The number of anilines is 1. The molecule has 214 valence electrons. The van der Waals surface area contributed by atoms with Gasteiger partial charge in [0.05, 0.1) is 6.67 Å². The van der Waals surface area contributed by atoms with Gasteiger partial charge in [-0.3, -0.25) is 14.4 Å². The van der Waals surface area contributed by atoms with Gasteiger partial charge in [0.1, 0.15) is 12.1 Å². The summed E-state index contributed by atoms with van der Waals surface area (Å²) in [6, 6.07) is 27.7. The van der Waals surface area contributed by atoms with Crippen molar-refractivity contribution in [3.63, 3.8) is 0 Å². The van der Waals surface area contributed by atoms with Crippen LogP contribution in [0.4, 0.5) is 5.69 Å². The molecule has 2 saturated heterocycles. The second kappa shape index (κ2) is 12.6. The molecule has 3 aromatic carbocycles. The first-order valence-electron chi connectivity index (χ1n) is 14.7. The van der Waals surface area contributed by atoms with Gasteiger partial charge in [0.25, 0.3) is 11.8 Å². The molecule has 0 N–H and O–H groups in total. The molecule has 41 heavy (non-hydrogen) atoms. The Morgan fingerprint density at radius 3 is 2.12 bits per heavy atom. The van der Waals surface area contributed by atoms with E-state index in [1.54, 1.807) is 16.8 Å². The second-order valence-electron chi connectivity index (χ2n) is 11.3. The fraction of sp³-hybridized carbons (Fsp3) is 0.382. The smallest absolute Gasteiger partial charge is 0.253 e. The van der Waals surface area contributed by atoms with Crippen LogP contribution in [0.3, 0.4) is 0 Å². The first-order chi connectivity index (χ1) is 19.9. The molecule has 0 radical (unpaired) electrons. The molecule has 0 atom stereocenters. The van der Waals surface area contributed by atoms with Crippen LogP contribution in [0.2, 0.25) is 0 Å². The summed E-state index contributed by atoms with van der Waals surface area (Å²) < 4.78 is 0. The van der Waals surface area contributed by atoms with Gasteiger partial charge >= 0.3 is 0 Å². The van der Waals surface area contributed by atoms with E-state index in [4.69, 9.17) is 0 Å². The molecule has 0 unspecified atom stereocenters. The fourth-order valence-corrected chi connectivity index (χ4v) is 6.01. The van der Waals surface area contributed by atoms with Gasteiger partial charge in [0, 0.05) is 37.9 Å². The number of hydrogen-bond donors (Lipinski definition) is 0. The standard InChI is InChI=1S/C34H40N4O3/c1-3-4-11-27-16-18-29(19-17-27)32(40)36-22-20-34(21-23-36)33(41)37(26-38(34)30-14-9-6-10-15-30)25-31(39)35(2)24-28-12-7-5-8-13-28/h5-10,12-19H,3-4,11,20-26H2,1-2H3. The van der Waals surface area contributed by atoms with Gasteiger partial charge in [-0.05, 0) is 61.1 Å². The number of likely N-dealkylation sites (N-methyl/N-ethyl adjacent to an activating group) is 1. The van der Waals surface area contributed by atoms with Crippen LogP contribution in [0.15, 0.2) is 84.9 Å². The Labute approximate surface area is 243 Å². The van der Waals surface area contributed by atoms with Crippen molar-refractivity contribution in [3.8, 4) is 0 Å². The summed E-state index contributed by atoms with van der Waals surface area (Å²) in [5, 5.41) is 0. The number of amides is 3. The quantitative estimate of drug-likeness (QED) is 0.376. The van der Waals surface area contributed by atoms with Crippen molar-refractivity contribution in [1.29, 1.82) is 0 Å². The number of para-hydroxylation sites is 1. The largest absolute Gasteiger partial charge is 0.340 e. The minimum absolute atomic E-state index is 0.00756. The van der Waals surface area contributed by atoms with Crippen molar-refractivity contribution >= 4 is 23.4 Å². The van der Waals surface area contributed by atoms with E-state index in [9.17, 15) is 14.4 Å². The van der Waals surface area contributed by atoms with Crippen molar-refractivity contribution in [2.24, 2.45) is 0 Å². The summed E-state index contributed by atoms with van der Waals surface area (Å²) >= 11 is 0. The number of piperidine rings is 1. The molecule has 2 aliphatic heterocycles. The molecule has 5 rings (SSSR count). The van der Waals surface area contributed by atoms with Crippen molar-refractivity contribution in [3.05, 3.63) is 102 Å². The molecule has 0 bridgehead atoms. The van der Waals surface area contributed by atoms with E-state index >= 15 is 0 Å². The van der Waals surface area contributed by atoms with E-state index < -0.39 is 5.54 Å². The molecule has 3 aromatic rings. The molecular formula is C34H40N4O3. The van der Waals surface area contributed by atoms with Gasteiger partial charge < -0.3 is 19.6 Å². The minimum atomic E-state index is -0.777. The van der Waals surface area contributed by atoms with Crippen molar-refractivity contribution in [2.75, 3.05) is 38.3 Å². The van der Waals surface area contributed by atoms with Crippen LogP contribution in [0, 0.1) is 0 Å². The highest BCUT2D eigenvalue weighted by molar-refractivity contribution is 5.97. The monoisotopic (exact) mass is 552 g/mol. The highest BCUT2D eigenvalue weighted by atomic mass is 16.2. The third-order valence-corrected chi connectivity index (χ3v) is 8.49. The number of benzene rings is 3. The molecule has 2 heterocycles. The zero-order valence-corrected chi connectivity index (χ0v) is 24.2. The second-order valence-corrected chi connectivity index (χ2v) is 11.3. The van der Waals surface area contributed by atoms with Gasteiger partial charge in [0.15, 0.2) is 0 Å². The Balaban J connectivity index is 1.29. The maximum absolute atomic E-state index is 14.1. The molecule has 7 nitrogen and oxygen atoms in total. The Bertz CT molecular complexity index is 1340. The Morgan fingerprint density at radius 2 is 1.49 bits per heavy atom. The number of nitrogens with zero attached hydrogens (tertiary/aromatic N) is 4. The molecule has 2 aliphatic rings. The topological polar surface area (TPSA) is 64.2 Å². The van der Waals surface area contributed by atoms with Crippen LogP contribution in [0.5, 0.6) is 0 Å². The summed E-state index contributed by atoms with van der Waals surface area (Å²) in [6.45, 7) is 4.02. The van der Waals surface area contributed by atoms with Gasteiger partial charge in [0.2, 0.25) is 5.91 Å². The maximum atomic E-state index is 14.1. The number of rotatable bonds is 9. The number of hydrogen-bond acceptors (Lipinski definition) is 4. The molecule has 7 heteroatoms. The van der Waals surface area contributed by atoms with E-state index in [-0.39, 0.29) is 24.3 Å². The van der Waals surface area contributed by atoms with Crippen LogP contribution in [0.1, 0.15) is 54.1 Å². The minimum Gasteiger partial charge on any atom is -0.340 e. The van der Waals surface area contributed by atoms with E-state index in [2.05, 4.69) is 24.0 Å². The van der Waals surface area contributed by atoms with Crippen LogP contribution < -0.4 is 4.90 Å². The average Bonchev–Trinajstić information content (AvgIpc) is 3.27. The van der Waals surface area contributed by atoms with Crippen LogP contribution in [0.25, 0.3) is 0 Å². The fourth-order valence-electron chi connectivity index (χ4n) is 6.01. The molecule has 0 aliphatic carbocycles. The maximum Gasteiger partial charge on any atom is 0.253 e. The third-order valence-electron chi connectivity index (χ3n) is 8.49. The van der Waals surface area contributed by atoms with Crippen molar-refractivity contribution in [1.82, 2.24) is 14.7 Å². The third kappa shape index (κ3) is 6.14. The molecular weight excluding hydrogens is 512 g/mol. The van der Waals surface area contributed by atoms with Crippen molar-refractivity contribution in [2.45, 2.75) is 51.1 Å². The number of carbonyl (C=O) groups excluding carboxylic acids is 3. The first kappa shape index (κ1) is 28.4. The predicted octanol–water partition coefficient (Wildman–Crippen LogP) is 4.97. The normalized spacial score (nSPS) is 16.3. The summed E-state index contributed by atoms with van der Waals surface area (Å²) in [5.41, 5.74) is 3.16. The Morgan fingerprint density at radius 1 is 0.854 bits per heavy atom. The van der Waals surface area contributed by atoms with Crippen LogP contribution in [-0.4, -0.2) is 71.3 Å². The van der Waals surface area contributed by atoms with Crippen LogP contribution >= 0.6 is 0 Å². The first-order valence-corrected chi connectivity index (χ1v) is 14.7. The number of unbranched alkanes of at least 4 members (excludes halogenated alkanes) is 1. The molecule has 2 fully saturated rings. The van der Waals surface area contributed by atoms with Crippen molar-refractivity contribution < 1.29 is 14.4 Å². The average molecular weight is 553 g/mol. The van der Waals surface area contributed by atoms with E-state index in [1.165, 1.54) is 5.56 Å². The zero-order valence-electron chi connectivity index (χ0n) is 24.2. The lowest BCUT2D eigenvalue weighted by Crippen LogP contribution is -2.57. The lowest BCUT2D eigenvalue weighted by atomic mass is 9.85. The number of carbonyl (C=O) groups is 3. The lowest BCUT2D eigenvalue weighted by Gasteiger charge is -2.43. The highest BCUT2D eigenvalue weighted by Gasteiger charge is 2.54. The van der Waals surface area contributed by atoms with Gasteiger partial charge in [-0.2, -0.15) is 0 Å². The number of aryl methyl sites for hydroxylation is 1. The Kier molecular flexibility index (Phi) is 8.72.